The second kappa shape index (κ2) is 9.22. The van der Waals surface area contributed by atoms with E-state index in [0.717, 1.165) is 5.39 Å². The van der Waals surface area contributed by atoms with Crippen molar-refractivity contribution >= 4 is 43.1 Å². The highest BCUT2D eigenvalue weighted by Gasteiger charge is 2.18. The predicted molar refractivity (Wildman–Crippen MR) is 173 cm³/mol. The van der Waals surface area contributed by atoms with Gasteiger partial charge in [0.15, 0.2) is 0 Å². The lowest BCUT2D eigenvalue weighted by Gasteiger charge is -2.19. The first-order valence-corrected chi connectivity index (χ1v) is 12.3. The number of fused-ring (bicyclic) bond motifs is 4. The van der Waals surface area contributed by atoms with Gasteiger partial charge in [0, 0.05) is 0 Å². The molecule has 0 aliphatic heterocycles. The van der Waals surface area contributed by atoms with Gasteiger partial charge < -0.3 is 0 Å². The minimum Gasteiger partial charge on any atom is -0.0622 e. The molecule has 0 spiro atoms. The van der Waals surface area contributed by atoms with Crippen molar-refractivity contribution in [1.82, 2.24) is 0 Å². The lowest BCUT2D eigenvalue weighted by Crippen LogP contribution is -1.92. The molecule has 0 saturated carbocycles. The van der Waals surface area contributed by atoms with Crippen LogP contribution in [-0.4, -0.2) is 0 Å². The second-order valence-electron chi connectivity index (χ2n) is 9.06. The maximum Gasteiger partial charge on any atom is 0.0636 e. The molecule has 8 aromatic rings. The number of hydrogen-bond acceptors (Lipinski definition) is 0. The van der Waals surface area contributed by atoms with Crippen molar-refractivity contribution in [2.75, 3.05) is 0 Å². The van der Waals surface area contributed by atoms with Gasteiger partial charge in [0.05, 0.1) is 26.0 Å². The van der Waals surface area contributed by atoms with Crippen molar-refractivity contribution in [3.05, 3.63) is 157 Å². The molecule has 40 heavy (non-hydrogen) atoms. The van der Waals surface area contributed by atoms with E-state index in [4.69, 9.17) is 16.4 Å². The van der Waals surface area contributed by atoms with Gasteiger partial charge in [0.2, 0.25) is 0 Å². The van der Waals surface area contributed by atoms with Gasteiger partial charge in [0.1, 0.15) is 0 Å². The zero-order valence-corrected chi connectivity index (χ0v) is 20.5. The van der Waals surface area contributed by atoms with Gasteiger partial charge >= 0.3 is 0 Å². The van der Waals surface area contributed by atoms with Gasteiger partial charge in [-0.2, -0.15) is 0 Å². The van der Waals surface area contributed by atoms with E-state index in [1.165, 1.54) is 0 Å². The summed E-state index contributed by atoms with van der Waals surface area (Å²) in [5, 5.41) is -0.911. The third-order valence-electron chi connectivity index (χ3n) is 6.79. The Balaban J connectivity index is 1.77. The van der Waals surface area contributed by atoms with Crippen molar-refractivity contribution in [2.45, 2.75) is 0 Å². The maximum atomic E-state index is 9.85. The molecule has 0 bridgehead atoms. The van der Waals surface area contributed by atoms with Gasteiger partial charge in [0.25, 0.3) is 0 Å². The normalized spacial score (nSPS) is 18.1. The fraction of sp³-hybridized carbons (Fsp3) is 0. The topological polar surface area (TPSA) is 0 Å². The summed E-state index contributed by atoms with van der Waals surface area (Å²) in [6.45, 7) is 0. The van der Waals surface area contributed by atoms with Gasteiger partial charge in [-0.3, -0.25) is 0 Å². The number of rotatable bonds is 3. The van der Waals surface area contributed by atoms with Crippen LogP contribution in [0.1, 0.15) is 26.0 Å². The Hall–Kier alpha value is -5.20. The van der Waals surface area contributed by atoms with Crippen LogP contribution in [0.4, 0.5) is 0 Å². The van der Waals surface area contributed by atoms with Crippen LogP contribution in [0.3, 0.4) is 0 Å². The largest absolute Gasteiger partial charge is 0.0636 e. The van der Waals surface area contributed by atoms with Crippen molar-refractivity contribution in [3.63, 3.8) is 0 Å². The summed E-state index contributed by atoms with van der Waals surface area (Å²) in [7, 11) is 0. The average molecular weight is 526 g/mol. The molecule has 0 unspecified atom stereocenters. The van der Waals surface area contributed by atoms with Gasteiger partial charge in [-0.05, 0) is 94.6 Å². The monoisotopic (exact) mass is 525 g/mol. The van der Waals surface area contributed by atoms with Gasteiger partial charge in [-0.25, -0.2) is 0 Å². The molecule has 0 aromatic heterocycles. The zero-order chi connectivity index (χ0) is 43.0. The molecule has 0 saturated heterocycles. The Bertz CT molecular complexity index is 3230. The molecule has 0 aliphatic rings. The summed E-state index contributed by atoms with van der Waals surface area (Å²) < 4.78 is 169. The average Bonchev–Trinajstić information content (AvgIpc) is 3.22. The standard InChI is InChI=1S/C40H26/c1-2-10-27(11-3-1)32-22-23-37-38(26-32)40(34-21-19-29-13-5-7-15-31(29)25-34)36-17-9-8-16-35(36)39(37)33-20-18-28-12-4-6-14-30(28)24-33/h1-26H/i1D,2D,3D,5D,7D,8D,9D,10D,11D,13D,15D,16D,17D,19D,21D,22D,23D,25D,26D. The van der Waals surface area contributed by atoms with E-state index < -0.39 is 159 Å². The fourth-order valence-corrected chi connectivity index (χ4v) is 5.01. The highest BCUT2D eigenvalue weighted by Crippen LogP contribution is 2.45. The fourth-order valence-electron chi connectivity index (χ4n) is 5.01. The molecular formula is C40H26. The lowest BCUT2D eigenvalue weighted by molar-refractivity contribution is 1.64. The second-order valence-corrected chi connectivity index (χ2v) is 9.06. The molecule has 0 amide bonds. The van der Waals surface area contributed by atoms with Crippen LogP contribution in [0.5, 0.6) is 0 Å². The van der Waals surface area contributed by atoms with E-state index in [-0.39, 0.29) is 21.9 Å². The summed E-state index contributed by atoms with van der Waals surface area (Å²) in [6, 6.07) is -2.23. The van der Waals surface area contributed by atoms with Crippen molar-refractivity contribution in [3.8, 4) is 33.4 Å². The summed E-state index contributed by atoms with van der Waals surface area (Å²) in [4.78, 5) is 0. The van der Waals surface area contributed by atoms with Crippen molar-refractivity contribution in [2.24, 2.45) is 0 Å². The molecule has 0 fully saturated rings. The Kier molecular flexibility index (Phi) is 2.48. The first-order chi connectivity index (χ1) is 27.8. The third-order valence-corrected chi connectivity index (χ3v) is 6.79. The van der Waals surface area contributed by atoms with E-state index in [9.17, 15) is 9.60 Å². The summed E-state index contributed by atoms with van der Waals surface area (Å²) in [6.07, 6.45) is 0. The van der Waals surface area contributed by atoms with Crippen LogP contribution < -0.4 is 0 Å². The Morgan fingerprint density at radius 3 is 1.82 bits per heavy atom. The van der Waals surface area contributed by atoms with E-state index in [1.807, 2.05) is 6.07 Å². The van der Waals surface area contributed by atoms with Crippen LogP contribution in [0, 0.1) is 0 Å². The van der Waals surface area contributed by atoms with Crippen LogP contribution in [-0.2, 0) is 0 Å². The molecule has 0 radical (unpaired) electrons. The van der Waals surface area contributed by atoms with Crippen molar-refractivity contribution in [1.29, 1.82) is 0 Å². The van der Waals surface area contributed by atoms with E-state index in [0.29, 0.717) is 5.39 Å². The molecule has 0 heteroatoms. The molecule has 0 heterocycles. The van der Waals surface area contributed by atoms with Crippen LogP contribution in [0.25, 0.3) is 76.5 Å². The summed E-state index contributed by atoms with van der Waals surface area (Å²) in [5.41, 5.74) is -2.13. The Labute approximate surface area is 260 Å². The minimum absolute atomic E-state index is 0.0528. The van der Waals surface area contributed by atoms with Crippen molar-refractivity contribution < 1.29 is 26.0 Å². The van der Waals surface area contributed by atoms with Crippen LogP contribution in [0.2, 0.25) is 0 Å². The molecule has 8 aromatic carbocycles. The molecule has 0 nitrogen and oxygen atoms in total. The van der Waals surface area contributed by atoms with Gasteiger partial charge in [-0.1, -0.05) is 139 Å². The molecular weight excluding hydrogens is 480 g/mol. The first kappa shape index (κ1) is 10.8. The molecule has 8 rings (SSSR count). The van der Waals surface area contributed by atoms with E-state index >= 15 is 0 Å². The van der Waals surface area contributed by atoms with Gasteiger partial charge in [-0.15, -0.1) is 0 Å². The number of benzene rings is 8. The predicted octanol–water partition coefficient (Wildman–Crippen LogP) is 11.3. The number of hydrogen-bond donors (Lipinski definition) is 0. The van der Waals surface area contributed by atoms with Crippen LogP contribution >= 0.6 is 0 Å². The highest BCUT2D eigenvalue weighted by atomic mass is 14.2. The highest BCUT2D eigenvalue weighted by molar-refractivity contribution is 6.22. The van der Waals surface area contributed by atoms with E-state index in [1.54, 1.807) is 36.4 Å². The lowest BCUT2D eigenvalue weighted by atomic mass is 9.84. The zero-order valence-electron chi connectivity index (χ0n) is 39.5. The Morgan fingerprint density at radius 2 is 1.00 bits per heavy atom. The minimum atomic E-state index is -0.828. The Morgan fingerprint density at radius 1 is 0.350 bits per heavy atom. The van der Waals surface area contributed by atoms with Crippen LogP contribution in [0.15, 0.2) is 157 Å². The quantitative estimate of drug-likeness (QED) is 0.201. The molecule has 0 aliphatic carbocycles. The molecule has 0 N–H and O–H groups in total. The smallest absolute Gasteiger partial charge is 0.0622 e. The van der Waals surface area contributed by atoms with E-state index in [2.05, 4.69) is 0 Å². The maximum absolute atomic E-state index is 9.85. The third kappa shape index (κ3) is 3.69. The first-order valence-electron chi connectivity index (χ1n) is 21.8. The SMILES string of the molecule is [2H]c1c([2H])c([2H])c(-c2c([2H])c([2H])c3c(-c4ccc5ccccc5c4)c4c([2H])c([2H])c([2H])c([2H])c4c(-c4c([2H])c([2H])c5c([2H])c([2H])c([2H])c([2H])c5c4[2H])c3c2[2H])c([2H])c1[2H]. The summed E-state index contributed by atoms with van der Waals surface area (Å²) >= 11 is 0. The molecule has 0 atom stereocenters. The summed E-state index contributed by atoms with van der Waals surface area (Å²) in [5.74, 6) is 0. The molecule has 186 valence electrons.